The SMILES string of the molecule is CCC(CC)(NC(=O)OCC1c2ccccc2-c2ccccc21)C(=O)NC(CC(C)(C)C)C(=O)O. The highest BCUT2D eigenvalue weighted by Gasteiger charge is 2.40. The maximum Gasteiger partial charge on any atom is 0.408 e. The summed E-state index contributed by atoms with van der Waals surface area (Å²) < 4.78 is 5.64. The van der Waals surface area contributed by atoms with Crippen LogP contribution in [0.15, 0.2) is 48.5 Å². The molecule has 7 heteroatoms. The topological polar surface area (TPSA) is 105 Å². The molecule has 2 aromatic carbocycles. The van der Waals surface area contributed by atoms with E-state index in [2.05, 4.69) is 22.8 Å². The molecule has 0 bridgehead atoms. The number of carboxylic acids is 1. The number of hydrogen-bond acceptors (Lipinski definition) is 4. The van der Waals surface area contributed by atoms with Crippen molar-refractivity contribution in [3.8, 4) is 11.1 Å². The Morgan fingerprint density at radius 1 is 0.943 bits per heavy atom. The number of aliphatic carboxylic acids is 1. The smallest absolute Gasteiger partial charge is 0.408 e. The van der Waals surface area contributed by atoms with Crippen molar-refractivity contribution in [2.75, 3.05) is 6.61 Å². The second-order valence-electron chi connectivity index (χ2n) is 10.4. The largest absolute Gasteiger partial charge is 0.480 e. The molecule has 1 unspecified atom stereocenters. The summed E-state index contributed by atoms with van der Waals surface area (Å²) in [6.45, 7) is 9.44. The Morgan fingerprint density at radius 3 is 1.91 bits per heavy atom. The molecule has 0 aliphatic heterocycles. The van der Waals surface area contributed by atoms with Gasteiger partial charge in [-0.25, -0.2) is 9.59 Å². The highest BCUT2D eigenvalue weighted by atomic mass is 16.5. The van der Waals surface area contributed by atoms with Crippen LogP contribution in [0.3, 0.4) is 0 Å². The monoisotopic (exact) mass is 480 g/mol. The standard InChI is InChI=1S/C28H36N2O5/c1-6-28(7-2,25(33)29-23(24(31)32)16-27(3,4)5)30-26(34)35-17-22-20-14-10-8-12-18(20)19-13-9-11-15-21(19)22/h8-15,22-23H,6-7,16-17H2,1-5H3,(H,29,33)(H,30,34)(H,31,32). The molecule has 2 amide bonds. The predicted octanol–water partition coefficient (Wildman–Crippen LogP) is 5.09. The minimum Gasteiger partial charge on any atom is -0.480 e. The molecule has 3 rings (SSSR count). The van der Waals surface area contributed by atoms with Crippen molar-refractivity contribution in [1.29, 1.82) is 0 Å². The minimum atomic E-state index is -1.27. The first-order chi connectivity index (χ1) is 16.5. The average molecular weight is 481 g/mol. The van der Waals surface area contributed by atoms with Gasteiger partial charge in [-0.15, -0.1) is 0 Å². The second-order valence-corrected chi connectivity index (χ2v) is 10.4. The van der Waals surface area contributed by atoms with Gasteiger partial charge < -0.3 is 20.5 Å². The van der Waals surface area contributed by atoms with Crippen LogP contribution in [0.4, 0.5) is 4.79 Å². The van der Waals surface area contributed by atoms with E-state index in [1.54, 1.807) is 13.8 Å². The zero-order valence-corrected chi connectivity index (χ0v) is 21.2. The van der Waals surface area contributed by atoms with E-state index < -0.39 is 29.6 Å². The Kier molecular flexibility index (Phi) is 7.88. The van der Waals surface area contributed by atoms with Gasteiger partial charge in [0.25, 0.3) is 0 Å². The van der Waals surface area contributed by atoms with Crippen molar-refractivity contribution in [3.63, 3.8) is 0 Å². The van der Waals surface area contributed by atoms with Crippen molar-refractivity contribution >= 4 is 18.0 Å². The van der Waals surface area contributed by atoms with E-state index in [1.807, 2.05) is 57.2 Å². The van der Waals surface area contributed by atoms with E-state index in [4.69, 9.17) is 4.74 Å². The number of carbonyl (C=O) groups excluding carboxylic acids is 2. The van der Waals surface area contributed by atoms with Gasteiger partial charge in [0.15, 0.2) is 0 Å². The summed E-state index contributed by atoms with van der Waals surface area (Å²) in [6.07, 6.45) is 0.152. The summed E-state index contributed by atoms with van der Waals surface area (Å²) in [5.41, 5.74) is 2.90. The molecule has 7 nitrogen and oxygen atoms in total. The molecule has 0 saturated carbocycles. The molecule has 1 aliphatic rings. The fourth-order valence-electron chi connectivity index (χ4n) is 4.74. The third-order valence-electron chi connectivity index (χ3n) is 6.75. The summed E-state index contributed by atoms with van der Waals surface area (Å²) >= 11 is 0. The first kappa shape index (κ1) is 26.3. The van der Waals surface area contributed by atoms with E-state index in [1.165, 1.54) is 0 Å². The molecule has 3 N–H and O–H groups in total. The van der Waals surface area contributed by atoms with Crippen LogP contribution < -0.4 is 10.6 Å². The molecular formula is C28H36N2O5. The quantitative estimate of drug-likeness (QED) is 0.464. The molecule has 1 atom stereocenters. The fraction of sp³-hybridized carbons (Fsp3) is 0.464. The Balaban J connectivity index is 1.71. The van der Waals surface area contributed by atoms with E-state index in [-0.39, 0.29) is 24.4 Å². The number of benzene rings is 2. The molecule has 0 spiro atoms. The number of nitrogens with one attached hydrogen (secondary N) is 2. The lowest BCUT2D eigenvalue weighted by Gasteiger charge is -2.33. The Labute approximate surface area is 207 Å². The predicted molar refractivity (Wildman–Crippen MR) is 135 cm³/mol. The number of ether oxygens (including phenoxy) is 1. The van der Waals surface area contributed by atoms with Crippen LogP contribution in [-0.4, -0.2) is 41.3 Å². The molecule has 0 radical (unpaired) electrons. The molecule has 0 heterocycles. The van der Waals surface area contributed by atoms with Gasteiger partial charge in [0.05, 0.1) is 0 Å². The van der Waals surface area contributed by atoms with Crippen LogP contribution >= 0.6 is 0 Å². The van der Waals surface area contributed by atoms with Crippen molar-refractivity contribution in [1.82, 2.24) is 10.6 Å². The Morgan fingerprint density at radius 2 is 1.46 bits per heavy atom. The van der Waals surface area contributed by atoms with E-state index in [0.717, 1.165) is 22.3 Å². The highest BCUT2D eigenvalue weighted by Crippen LogP contribution is 2.44. The number of carboxylic acid groups (broad SMARTS) is 1. The van der Waals surface area contributed by atoms with Crippen LogP contribution in [0.5, 0.6) is 0 Å². The normalized spacial score (nSPS) is 14.0. The van der Waals surface area contributed by atoms with Crippen molar-refractivity contribution in [2.24, 2.45) is 5.41 Å². The zero-order valence-electron chi connectivity index (χ0n) is 21.2. The first-order valence-electron chi connectivity index (χ1n) is 12.2. The molecule has 1 aliphatic carbocycles. The van der Waals surface area contributed by atoms with Crippen LogP contribution in [0.2, 0.25) is 0 Å². The third kappa shape index (κ3) is 5.84. The number of fused-ring (bicyclic) bond motifs is 3. The third-order valence-corrected chi connectivity index (χ3v) is 6.75. The number of hydrogen-bond donors (Lipinski definition) is 3. The zero-order chi connectivity index (χ0) is 25.8. The maximum absolute atomic E-state index is 13.2. The lowest BCUT2D eigenvalue weighted by atomic mass is 9.86. The number of rotatable bonds is 9. The molecule has 2 aromatic rings. The highest BCUT2D eigenvalue weighted by molar-refractivity contribution is 5.92. The average Bonchev–Trinajstić information content (AvgIpc) is 3.13. The van der Waals surface area contributed by atoms with Crippen LogP contribution in [0.25, 0.3) is 11.1 Å². The molecule has 0 aromatic heterocycles. The van der Waals surface area contributed by atoms with Crippen LogP contribution in [0, 0.1) is 5.41 Å². The molecule has 0 saturated heterocycles. The van der Waals surface area contributed by atoms with Gasteiger partial charge in [-0.3, -0.25) is 4.79 Å². The number of alkyl carbamates (subject to hydrolysis) is 1. The molecule has 0 fully saturated rings. The van der Waals surface area contributed by atoms with Crippen molar-refractivity contribution in [3.05, 3.63) is 59.7 Å². The minimum absolute atomic E-state index is 0.0946. The van der Waals surface area contributed by atoms with E-state index >= 15 is 0 Å². The molecule has 188 valence electrons. The summed E-state index contributed by atoms with van der Waals surface area (Å²) in [5.74, 6) is -1.72. The molecular weight excluding hydrogens is 444 g/mol. The lowest BCUT2D eigenvalue weighted by Crippen LogP contribution is -2.61. The van der Waals surface area contributed by atoms with Gasteiger partial charge in [-0.05, 0) is 46.9 Å². The van der Waals surface area contributed by atoms with Crippen molar-refractivity contribution in [2.45, 2.75) is 71.4 Å². The first-order valence-corrected chi connectivity index (χ1v) is 12.2. The molecule has 35 heavy (non-hydrogen) atoms. The van der Waals surface area contributed by atoms with Crippen LogP contribution in [-0.2, 0) is 14.3 Å². The summed E-state index contributed by atoms with van der Waals surface area (Å²) in [4.78, 5) is 37.8. The number of amides is 2. The van der Waals surface area contributed by atoms with Crippen LogP contribution in [0.1, 0.15) is 70.9 Å². The lowest BCUT2D eigenvalue weighted by molar-refractivity contribution is -0.144. The Hall–Kier alpha value is -3.35. The fourth-order valence-corrected chi connectivity index (χ4v) is 4.74. The summed E-state index contributed by atoms with van der Waals surface area (Å²) in [7, 11) is 0. The summed E-state index contributed by atoms with van der Waals surface area (Å²) in [6, 6.07) is 15.1. The van der Waals surface area contributed by atoms with Gasteiger partial charge in [0, 0.05) is 5.92 Å². The van der Waals surface area contributed by atoms with Gasteiger partial charge in [0.1, 0.15) is 18.2 Å². The maximum atomic E-state index is 13.2. The second kappa shape index (κ2) is 10.5. The van der Waals surface area contributed by atoms with Gasteiger partial charge in [0.2, 0.25) is 5.91 Å². The summed E-state index contributed by atoms with van der Waals surface area (Å²) in [5, 5.41) is 15.0. The van der Waals surface area contributed by atoms with Gasteiger partial charge in [-0.1, -0.05) is 83.1 Å². The Bertz CT molecular complexity index is 1040. The van der Waals surface area contributed by atoms with E-state index in [0.29, 0.717) is 12.8 Å². The van der Waals surface area contributed by atoms with Crippen molar-refractivity contribution < 1.29 is 24.2 Å². The van der Waals surface area contributed by atoms with Gasteiger partial charge >= 0.3 is 12.1 Å². The van der Waals surface area contributed by atoms with E-state index in [9.17, 15) is 19.5 Å². The number of carbonyl (C=O) groups is 3. The van der Waals surface area contributed by atoms with Gasteiger partial charge in [-0.2, -0.15) is 0 Å².